The van der Waals surface area contributed by atoms with E-state index in [1.165, 1.54) is 0 Å². The van der Waals surface area contributed by atoms with Crippen LogP contribution in [0.15, 0.2) is 6.07 Å². The summed E-state index contributed by atoms with van der Waals surface area (Å²) in [6, 6.07) is 0.409. The molecule has 1 aromatic carbocycles. The summed E-state index contributed by atoms with van der Waals surface area (Å²) >= 11 is 5.52. The van der Waals surface area contributed by atoms with Crippen molar-refractivity contribution in [1.29, 1.82) is 0 Å². The zero-order chi connectivity index (χ0) is 14.6. The Morgan fingerprint density at radius 1 is 1.42 bits per heavy atom. The predicted molar refractivity (Wildman–Crippen MR) is 64.8 cm³/mol. The second-order valence-corrected chi connectivity index (χ2v) is 4.55. The van der Waals surface area contributed by atoms with Gasteiger partial charge in [-0.1, -0.05) is 6.92 Å². The van der Waals surface area contributed by atoms with Crippen LogP contribution in [0.1, 0.15) is 23.7 Å². The lowest BCUT2D eigenvalue weighted by Gasteiger charge is -2.12. The van der Waals surface area contributed by atoms with Gasteiger partial charge in [-0.2, -0.15) is 4.39 Å². The summed E-state index contributed by atoms with van der Waals surface area (Å²) in [4.78, 5) is 11.6. The Hall–Kier alpha value is -1.43. The van der Waals surface area contributed by atoms with Crippen LogP contribution < -0.4 is 5.32 Å². The molecule has 0 aliphatic carbocycles. The Morgan fingerprint density at radius 2 is 2.05 bits per heavy atom. The van der Waals surface area contributed by atoms with Gasteiger partial charge in [-0.3, -0.25) is 4.79 Å². The number of amides is 1. The summed E-state index contributed by atoms with van der Waals surface area (Å²) in [5.74, 6) is -6.64. The zero-order valence-electron chi connectivity index (χ0n) is 10.1. The van der Waals surface area contributed by atoms with E-state index in [9.17, 15) is 18.0 Å². The molecule has 0 aromatic heterocycles. The van der Waals surface area contributed by atoms with E-state index in [1.807, 2.05) is 6.92 Å². The van der Waals surface area contributed by atoms with Gasteiger partial charge in [0.2, 0.25) is 5.82 Å². The molecule has 2 N–H and O–H groups in total. The van der Waals surface area contributed by atoms with Crippen molar-refractivity contribution >= 4 is 17.5 Å². The van der Waals surface area contributed by atoms with Crippen molar-refractivity contribution in [1.82, 2.24) is 5.32 Å². The van der Waals surface area contributed by atoms with Gasteiger partial charge in [-0.25, -0.2) is 8.78 Å². The Morgan fingerprint density at radius 3 is 2.63 bits per heavy atom. The van der Waals surface area contributed by atoms with Crippen molar-refractivity contribution in [3.05, 3.63) is 29.1 Å². The molecule has 1 atom stereocenters. The molecule has 106 valence electrons. The summed E-state index contributed by atoms with van der Waals surface area (Å²) in [6.07, 6.45) is 0.646. The first-order chi connectivity index (χ1) is 8.88. The van der Waals surface area contributed by atoms with E-state index >= 15 is 0 Å². The molecule has 1 aromatic rings. The van der Waals surface area contributed by atoms with E-state index in [4.69, 9.17) is 16.7 Å². The van der Waals surface area contributed by atoms with E-state index in [0.717, 1.165) is 0 Å². The molecular weight excluding hydrogens is 283 g/mol. The number of hydrogen-bond donors (Lipinski definition) is 2. The minimum Gasteiger partial charge on any atom is -0.503 e. The highest BCUT2D eigenvalue weighted by molar-refractivity contribution is 6.17. The van der Waals surface area contributed by atoms with E-state index in [1.54, 1.807) is 0 Å². The SMILES string of the molecule is CC(CCCl)CNC(=O)c1cc(F)c(F)c(O)c1F. The fraction of sp³-hybridized carbons (Fsp3) is 0.417. The fourth-order valence-electron chi connectivity index (χ4n) is 1.41. The number of benzene rings is 1. The number of phenolic OH excluding ortho intramolecular Hbond substituents is 1. The zero-order valence-corrected chi connectivity index (χ0v) is 10.9. The standard InChI is InChI=1S/C12H13ClF3NO2/c1-6(2-3-13)5-17-12(19)7-4-8(14)10(16)11(18)9(7)15/h4,6,18H,2-3,5H2,1H3,(H,17,19). The maximum absolute atomic E-state index is 13.4. The van der Waals surface area contributed by atoms with Crippen LogP contribution in [-0.2, 0) is 0 Å². The Kier molecular flexibility index (Phi) is 5.47. The second kappa shape index (κ2) is 6.65. The molecule has 0 saturated heterocycles. The highest BCUT2D eigenvalue weighted by Gasteiger charge is 2.22. The van der Waals surface area contributed by atoms with Crippen molar-refractivity contribution in [2.45, 2.75) is 13.3 Å². The molecule has 0 bridgehead atoms. The minimum atomic E-state index is -1.72. The molecule has 0 saturated carbocycles. The van der Waals surface area contributed by atoms with Crippen LogP contribution in [0.5, 0.6) is 5.75 Å². The number of phenols is 1. The summed E-state index contributed by atoms with van der Waals surface area (Å²) in [5.41, 5.74) is -0.741. The van der Waals surface area contributed by atoms with Gasteiger partial charge >= 0.3 is 0 Å². The quantitative estimate of drug-likeness (QED) is 0.648. The first-order valence-electron chi connectivity index (χ1n) is 5.59. The van der Waals surface area contributed by atoms with Crippen LogP contribution in [-0.4, -0.2) is 23.4 Å². The highest BCUT2D eigenvalue weighted by Crippen LogP contribution is 2.25. The molecule has 0 fully saturated rings. The van der Waals surface area contributed by atoms with Gasteiger partial charge in [0.1, 0.15) is 0 Å². The lowest BCUT2D eigenvalue weighted by atomic mass is 10.1. The van der Waals surface area contributed by atoms with Crippen molar-refractivity contribution in [2.75, 3.05) is 12.4 Å². The largest absolute Gasteiger partial charge is 0.503 e. The van der Waals surface area contributed by atoms with Crippen molar-refractivity contribution < 1.29 is 23.1 Å². The lowest BCUT2D eigenvalue weighted by Crippen LogP contribution is -2.29. The first kappa shape index (κ1) is 15.6. The van der Waals surface area contributed by atoms with E-state index in [0.29, 0.717) is 18.4 Å². The van der Waals surface area contributed by atoms with Crippen LogP contribution >= 0.6 is 11.6 Å². The minimum absolute atomic E-state index is 0.0587. The molecule has 19 heavy (non-hydrogen) atoms. The molecule has 7 heteroatoms. The normalized spacial score (nSPS) is 12.3. The fourth-order valence-corrected chi connectivity index (χ4v) is 1.78. The molecule has 1 rings (SSSR count). The third-order valence-corrected chi connectivity index (χ3v) is 2.81. The predicted octanol–water partition coefficient (Wildman–Crippen LogP) is 2.80. The van der Waals surface area contributed by atoms with Crippen molar-refractivity contribution in [2.24, 2.45) is 5.92 Å². The van der Waals surface area contributed by atoms with Crippen LogP contribution in [0.25, 0.3) is 0 Å². The number of rotatable bonds is 5. The Balaban J connectivity index is 2.83. The third kappa shape index (κ3) is 3.76. The number of halogens is 4. The molecule has 1 unspecified atom stereocenters. The van der Waals surface area contributed by atoms with Gasteiger partial charge in [0, 0.05) is 12.4 Å². The molecule has 0 heterocycles. The van der Waals surface area contributed by atoms with Crippen LogP contribution in [0.4, 0.5) is 13.2 Å². The Bertz CT molecular complexity index is 483. The monoisotopic (exact) mass is 295 g/mol. The van der Waals surface area contributed by atoms with Gasteiger partial charge < -0.3 is 10.4 Å². The van der Waals surface area contributed by atoms with Gasteiger partial charge in [0.15, 0.2) is 17.4 Å². The molecule has 0 spiro atoms. The molecule has 1 amide bonds. The van der Waals surface area contributed by atoms with Gasteiger partial charge in [-0.05, 0) is 18.4 Å². The number of carbonyl (C=O) groups excluding carboxylic acids is 1. The number of carbonyl (C=O) groups is 1. The maximum atomic E-state index is 13.4. The lowest BCUT2D eigenvalue weighted by molar-refractivity contribution is 0.0942. The average Bonchev–Trinajstić information content (AvgIpc) is 2.38. The summed E-state index contributed by atoms with van der Waals surface area (Å²) in [6.45, 7) is 2.03. The molecular formula is C12H13ClF3NO2. The van der Waals surface area contributed by atoms with Crippen LogP contribution in [0.3, 0.4) is 0 Å². The number of nitrogens with one attached hydrogen (secondary N) is 1. The van der Waals surface area contributed by atoms with E-state index < -0.39 is 34.7 Å². The second-order valence-electron chi connectivity index (χ2n) is 4.18. The van der Waals surface area contributed by atoms with Gasteiger partial charge in [0.25, 0.3) is 5.91 Å². The summed E-state index contributed by atoms with van der Waals surface area (Å²) < 4.78 is 39.3. The smallest absolute Gasteiger partial charge is 0.254 e. The molecule has 3 nitrogen and oxygen atoms in total. The van der Waals surface area contributed by atoms with Crippen molar-refractivity contribution in [3.8, 4) is 5.75 Å². The van der Waals surface area contributed by atoms with E-state index in [2.05, 4.69) is 5.32 Å². The van der Waals surface area contributed by atoms with Gasteiger partial charge in [0.05, 0.1) is 5.56 Å². The number of alkyl halides is 1. The Labute approximate surface area is 113 Å². The van der Waals surface area contributed by atoms with Crippen molar-refractivity contribution in [3.63, 3.8) is 0 Å². The molecule has 0 aliphatic rings. The summed E-state index contributed by atoms with van der Waals surface area (Å²) in [5, 5.41) is 11.4. The van der Waals surface area contributed by atoms with Crippen LogP contribution in [0.2, 0.25) is 0 Å². The van der Waals surface area contributed by atoms with Crippen LogP contribution in [0, 0.1) is 23.4 Å². The highest BCUT2D eigenvalue weighted by atomic mass is 35.5. The third-order valence-electron chi connectivity index (χ3n) is 2.59. The van der Waals surface area contributed by atoms with Gasteiger partial charge in [-0.15, -0.1) is 11.6 Å². The first-order valence-corrected chi connectivity index (χ1v) is 6.12. The molecule has 0 radical (unpaired) electrons. The average molecular weight is 296 g/mol. The van der Waals surface area contributed by atoms with E-state index in [-0.39, 0.29) is 12.5 Å². The summed E-state index contributed by atoms with van der Waals surface area (Å²) in [7, 11) is 0. The topological polar surface area (TPSA) is 49.3 Å². The number of hydrogen-bond acceptors (Lipinski definition) is 2. The maximum Gasteiger partial charge on any atom is 0.254 e. The molecule has 0 aliphatic heterocycles. The number of aromatic hydroxyl groups is 1.